The van der Waals surface area contributed by atoms with Crippen LogP contribution < -0.4 is 16.0 Å². The van der Waals surface area contributed by atoms with Gasteiger partial charge in [0.15, 0.2) is 0 Å². The molecule has 0 bridgehead atoms. The second-order valence-corrected chi connectivity index (χ2v) is 19.7. The molecule has 24 heteroatoms. The fourth-order valence-corrected chi connectivity index (χ4v) is 11.5. The Balaban J connectivity index is 1.29. The number of phosphoric ester groups is 1. The van der Waals surface area contributed by atoms with Crippen LogP contribution in [0.2, 0.25) is 0 Å². The largest absolute Gasteiger partial charge is 0.490 e. The van der Waals surface area contributed by atoms with E-state index in [4.69, 9.17) is 19.3 Å². The second kappa shape index (κ2) is 16.5. The van der Waals surface area contributed by atoms with Crippen molar-refractivity contribution in [3.8, 4) is 0 Å². The van der Waals surface area contributed by atoms with Gasteiger partial charge >= 0.3 is 29.5 Å². The molecule has 8 atom stereocenters. The number of rotatable bonds is 19. The molecular formula is C20H39BN3O14P3S3. The minimum absolute atomic E-state index is 0.0244. The number of thioether (sulfide) groups is 1. The van der Waals surface area contributed by atoms with Gasteiger partial charge in [-0.2, -0.15) is 20.4 Å². The van der Waals surface area contributed by atoms with Gasteiger partial charge in [0.05, 0.1) is 24.8 Å². The number of unbranched alkanes of at least 4 members (excludes halogenated alkanes) is 1. The number of ether oxygens (including phenoxy) is 2. The maximum absolute atomic E-state index is 12.4. The van der Waals surface area contributed by atoms with Crippen LogP contribution in [0.5, 0.6) is 0 Å². The Labute approximate surface area is 268 Å². The lowest BCUT2D eigenvalue weighted by molar-refractivity contribution is -0.121. The highest BCUT2D eigenvalue weighted by atomic mass is 33.1. The summed E-state index contributed by atoms with van der Waals surface area (Å²) in [5.74, 6) is 1.10. The summed E-state index contributed by atoms with van der Waals surface area (Å²) in [4.78, 5) is 60.1. The molecular weight excluding hydrogens is 706 g/mol. The number of nitrogens with one attached hydrogen (secondary N) is 3. The normalized spacial score (nSPS) is 29.8. The lowest BCUT2D eigenvalue weighted by Gasteiger charge is -2.25. The number of carbonyl (C=O) groups is 2. The van der Waals surface area contributed by atoms with E-state index in [1.54, 1.807) is 7.85 Å². The molecule has 0 spiro atoms. The number of urea groups is 1. The predicted molar refractivity (Wildman–Crippen MR) is 168 cm³/mol. The zero-order chi connectivity index (χ0) is 32.8. The van der Waals surface area contributed by atoms with Crippen LogP contribution in [0, 0.1) is 0 Å². The summed E-state index contributed by atoms with van der Waals surface area (Å²) >= 11 is 1.86. The van der Waals surface area contributed by atoms with E-state index in [0.29, 0.717) is 24.6 Å². The van der Waals surface area contributed by atoms with Crippen LogP contribution in [0.4, 0.5) is 4.79 Å². The Morgan fingerprint density at radius 1 is 1.16 bits per heavy atom. The first-order chi connectivity index (χ1) is 20.3. The fourth-order valence-electron chi connectivity index (χ4n) is 4.72. The summed E-state index contributed by atoms with van der Waals surface area (Å²) in [5.41, 5.74) is 0. The van der Waals surface area contributed by atoms with Crippen LogP contribution in [0.1, 0.15) is 46.0 Å². The van der Waals surface area contributed by atoms with Crippen LogP contribution >= 0.6 is 56.8 Å². The Morgan fingerprint density at radius 2 is 1.89 bits per heavy atom. The highest BCUT2D eigenvalue weighted by Crippen LogP contribution is 2.66. The van der Waals surface area contributed by atoms with Crippen molar-refractivity contribution in [2.75, 3.05) is 24.8 Å². The molecule has 3 aliphatic heterocycles. The van der Waals surface area contributed by atoms with Gasteiger partial charge in [-0.25, -0.2) is 18.5 Å². The van der Waals surface area contributed by atoms with Gasteiger partial charge in [-0.05, 0) is 33.1 Å². The van der Waals surface area contributed by atoms with Crippen molar-refractivity contribution in [3.05, 3.63) is 0 Å². The molecule has 0 saturated carbocycles. The van der Waals surface area contributed by atoms with E-state index in [-0.39, 0.29) is 40.7 Å². The third kappa shape index (κ3) is 13.7. The van der Waals surface area contributed by atoms with Gasteiger partial charge in [0.25, 0.3) is 0 Å². The average molecular weight is 745 g/mol. The van der Waals surface area contributed by atoms with Crippen molar-refractivity contribution in [1.82, 2.24) is 16.0 Å². The molecule has 6 unspecified atom stereocenters. The molecule has 3 heterocycles. The van der Waals surface area contributed by atoms with E-state index in [2.05, 4.69) is 29.1 Å². The molecule has 0 aromatic carbocycles. The summed E-state index contributed by atoms with van der Waals surface area (Å²) in [6.45, 7) is 3.82. The Morgan fingerprint density at radius 3 is 2.59 bits per heavy atom. The fraction of sp³-hybridized carbons (Fsp3) is 0.900. The van der Waals surface area contributed by atoms with Crippen LogP contribution in [0.3, 0.4) is 0 Å². The van der Waals surface area contributed by atoms with Crippen LogP contribution in [-0.2, 0) is 41.1 Å². The van der Waals surface area contributed by atoms with Crippen molar-refractivity contribution in [3.63, 3.8) is 0 Å². The van der Waals surface area contributed by atoms with Gasteiger partial charge in [-0.3, -0.25) is 9.32 Å². The van der Waals surface area contributed by atoms with E-state index in [1.165, 1.54) is 21.6 Å². The average Bonchev–Trinajstić information content (AvgIpc) is 3.53. The number of carbonyl (C=O) groups excluding carboxylic acids is 2. The first-order valence-electron chi connectivity index (χ1n) is 13.6. The first-order valence-corrected chi connectivity index (χ1v) is 21.5. The van der Waals surface area contributed by atoms with Crippen LogP contribution in [0.25, 0.3) is 0 Å². The Bertz CT molecular complexity index is 1160. The van der Waals surface area contributed by atoms with Gasteiger partial charge < -0.3 is 45.0 Å². The molecule has 3 amide bonds. The lowest BCUT2D eigenvalue weighted by atomic mass is 9.96. The summed E-state index contributed by atoms with van der Waals surface area (Å²) in [6.07, 6.45) is 2.08. The summed E-state index contributed by atoms with van der Waals surface area (Å²) in [7, 11) is -11.7. The van der Waals surface area contributed by atoms with Gasteiger partial charge in [-0.15, -0.1) is 0 Å². The minimum atomic E-state index is -5.61. The summed E-state index contributed by atoms with van der Waals surface area (Å²) < 4.78 is 57.5. The van der Waals surface area contributed by atoms with E-state index in [1.807, 2.05) is 25.6 Å². The van der Waals surface area contributed by atoms with Crippen molar-refractivity contribution in [2.45, 2.75) is 86.2 Å². The second-order valence-electron chi connectivity index (χ2n) is 11.0. The number of hydrogen-bond acceptors (Lipinski definition) is 13. The molecule has 3 rings (SSSR count). The number of hydrogen-bond donors (Lipinski definition) is 7. The molecule has 0 aromatic rings. The highest BCUT2D eigenvalue weighted by Gasteiger charge is 2.43. The number of phosphoric acid groups is 3. The maximum Gasteiger partial charge on any atom is 0.490 e. The van der Waals surface area contributed by atoms with Crippen molar-refractivity contribution >= 4 is 76.6 Å². The molecule has 7 N–H and O–H groups in total. The summed E-state index contributed by atoms with van der Waals surface area (Å²) in [6, 6.07) is -0.0292. The smallest absolute Gasteiger partial charge is 0.379 e. The molecule has 0 aromatic heterocycles. The molecule has 254 valence electrons. The summed E-state index contributed by atoms with van der Waals surface area (Å²) in [5, 5.41) is 9.25. The topological polar surface area (TPSA) is 249 Å². The van der Waals surface area contributed by atoms with Crippen molar-refractivity contribution in [1.29, 1.82) is 0 Å². The van der Waals surface area contributed by atoms with Crippen molar-refractivity contribution < 1.29 is 65.5 Å². The van der Waals surface area contributed by atoms with E-state index >= 15 is 0 Å². The standard InChI is InChI=1S/C20H39BN3O14P3S3/c1-20(2,10-22-17(25)6-4-3-5-15-18-12(9-42-15)23-19(26)24-18)44-43-11-34-13-7-16(21)36-14(13)8-35-40(30,31)38-41(32,33)37-39(27,28)29/h12-16,18H,3-11,21H2,1-2H3,(H,22,25)(H,30,31)(H,32,33)(H2,23,24,26)(H2,27,28,29)/t12?,13-,14?,15?,16-,18?/m1/s1. The predicted octanol–water partition coefficient (Wildman–Crippen LogP) is 1.42. The van der Waals surface area contributed by atoms with Crippen molar-refractivity contribution in [2.24, 2.45) is 0 Å². The Hall–Kier alpha value is 0.185. The van der Waals surface area contributed by atoms with Crippen LogP contribution in [-0.4, -0.2) is 104 Å². The maximum atomic E-state index is 12.4. The van der Waals surface area contributed by atoms with Gasteiger partial charge in [0.2, 0.25) is 5.91 Å². The molecule has 3 saturated heterocycles. The third-order valence-corrected chi connectivity index (χ3v) is 14.9. The van der Waals surface area contributed by atoms with E-state index < -0.39 is 42.3 Å². The van der Waals surface area contributed by atoms with Gasteiger partial charge in [-0.1, -0.05) is 28.0 Å². The van der Waals surface area contributed by atoms with Gasteiger partial charge in [0, 0.05) is 34.7 Å². The van der Waals surface area contributed by atoms with E-state index in [0.717, 1.165) is 25.0 Å². The zero-order valence-corrected chi connectivity index (χ0v) is 29.4. The number of fused-ring (bicyclic) bond motifs is 1. The molecule has 0 aliphatic carbocycles. The van der Waals surface area contributed by atoms with E-state index in [9.17, 15) is 33.1 Å². The highest BCUT2D eigenvalue weighted by molar-refractivity contribution is 8.77. The molecule has 3 aliphatic rings. The minimum Gasteiger partial charge on any atom is -0.379 e. The molecule has 0 radical (unpaired) electrons. The molecule has 3 fully saturated rings. The lowest BCUT2D eigenvalue weighted by Crippen LogP contribution is -2.37. The monoisotopic (exact) mass is 745 g/mol. The molecule has 44 heavy (non-hydrogen) atoms. The quantitative estimate of drug-likeness (QED) is 0.0247. The SMILES string of the molecule is B[C@H]1C[C@@H](OCSSC(C)(C)CNC(=O)CCCCC2SCC3NC(=O)NC32)C(COP(=O)(O)OP(=O)(O)OP(=O)(O)O)O1. The van der Waals surface area contributed by atoms with Crippen LogP contribution in [0.15, 0.2) is 0 Å². The number of amides is 3. The zero-order valence-electron chi connectivity index (χ0n) is 24.3. The molecule has 17 nitrogen and oxygen atoms in total. The Kier molecular flexibility index (Phi) is 14.5. The van der Waals surface area contributed by atoms with Gasteiger partial charge in [0.1, 0.15) is 19.9 Å². The first kappa shape index (κ1) is 38.6. The third-order valence-electron chi connectivity index (χ3n) is 6.61.